The molecular formula is C19H29FN4O2. The lowest BCUT2D eigenvalue weighted by Gasteiger charge is -2.46. The molecule has 0 radical (unpaired) electrons. The Morgan fingerprint density at radius 2 is 2.08 bits per heavy atom. The molecule has 1 N–H and O–H groups in total. The highest BCUT2D eigenvalue weighted by Crippen LogP contribution is 2.35. The van der Waals surface area contributed by atoms with E-state index in [4.69, 9.17) is 0 Å². The maximum Gasteiger partial charge on any atom is 0.260 e. The molecule has 7 heteroatoms. The van der Waals surface area contributed by atoms with Gasteiger partial charge in [-0.2, -0.15) is 5.10 Å². The van der Waals surface area contributed by atoms with E-state index in [0.29, 0.717) is 38.3 Å². The second kappa shape index (κ2) is 7.76. The Kier molecular flexibility index (Phi) is 5.63. The van der Waals surface area contributed by atoms with Crippen LogP contribution in [0.2, 0.25) is 0 Å². The van der Waals surface area contributed by atoms with Crippen molar-refractivity contribution in [3.63, 3.8) is 0 Å². The van der Waals surface area contributed by atoms with Crippen molar-refractivity contribution < 1.29 is 14.0 Å². The fourth-order valence-corrected chi connectivity index (χ4v) is 4.09. The highest BCUT2D eigenvalue weighted by molar-refractivity contribution is 5.86. The minimum absolute atomic E-state index is 0.0157. The number of carbonyl (C=O) groups excluding carboxylic acids is 2. The van der Waals surface area contributed by atoms with Gasteiger partial charge in [-0.15, -0.1) is 0 Å². The summed E-state index contributed by atoms with van der Waals surface area (Å²) in [6.45, 7) is 2.27. The molecule has 0 bridgehead atoms. The van der Waals surface area contributed by atoms with E-state index < -0.39 is 11.6 Å². The Bertz CT molecular complexity index is 619. The van der Waals surface area contributed by atoms with Crippen molar-refractivity contribution in [3.05, 3.63) is 18.0 Å². The molecule has 1 saturated heterocycles. The summed E-state index contributed by atoms with van der Waals surface area (Å²) in [4.78, 5) is 28.0. The third-order valence-electron chi connectivity index (χ3n) is 5.87. The van der Waals surface area contributed by atoms with Gasteiger partial charge in [0.1, 0.15) is 0 Å². The third-order valence-corrected chi connectivity index (χ3v) is 5.87. The van der Waals surface area contributed by atoms with Crippen molar-refractivity contribution >= 4 is 11.8 Å². The highest BCUT2D eigenvalue weighted by atomic mass is 19.1. The van der Waals surface area contributed by atoms with Gasteiger partial charge in [0.25, 0.3) is 5.91 Å². The van der Waals surface area contributed by atoms with E-state index >= 15 is 0 Å². The maximum absolute atomic E-state index is 14.9. The van der Waals surface area contributed by atoms with Crippen LogP contribution in [-0.2, 0) is 16.0 Å². The van der Waals surface area contributed by atoms with Crippen LogP contribution in [-0.4, -0.2) is 63.7 Å². The SMILES string of the molecule is CN(C(=O)CCc1cn[nH]c1)C1CN(C(=O)C(C)(F)CC2CCCC2)C1. The van der Waals surface area contributed by atoms with Gasteiger partial charge in [0, 0.05) is 32.8 Å². The number of aromatic amines is 1. The smallest absolute Gasteiger partial charge is 0.260 e. The van der Waals surface area contributed by atoms with Crippen LogP contribution < -0.4 is 0 Å². The largest absolute Gasteiger partial charge is 0.339 e. The summed E-state index contributed by atoms with van der Waals surface area (Å²) in [6.07, 6.45) is 9.22. The molecule has 1 atom stereocenters. The molecule has 1 unspecified atom stereocenters. The van der Waals surface area contributed by atoms with Crippen LogP contribution in [0.1, 0.15) is 51.0 Å². The number of halogens is 1. The molecule has 2 fully saturated rings. The quantitative estimate of drug-likeness (QED) is 0.807. The van der Waals surface area contributed by atoms with Gasteiger partial charge in [-0.1, -0.05) is 25.7 Å². The molecule has 1 aromatic heterocycles. The number of aryl methyl sites for hydroxylation is 1. The van der Waals surface area contributed by atoms with E-state index in [-0.39, 0.29) is 11.9 Å². The van der Waals surface area contributed by atoms with Crippen LogP contribution in [0, 0.1) is 5.92 Å². The Labute approximate surface area is 154 Å². The van der Waals surface area contributed by atoms with Crippen molar-refractivity contribution in [3.8, 4) is 0 Å². The number of nitrogens with zero attached hydrogens (tertiary/aromatic N) is 3. The fraction of sp³-hybridized carbons (Fsp3) is 0.737. The lowest BCUT2D eigenvalue weighted by molar-refractivity contribution is -0.154. The fourth-order valence-electron chi connectivity index (χ4n) is 4.09. The van der Waals surface area contributed by atoms with Gasteiger partial charge in [0.2, 0.25) is 5.91 Å². The number of carbonyl (C=O) groups is 2. The number of H-pyrrole nitrogens is 1. The number of nitrogens with one attached hydrogen (secondary N) is 1. The number of hydrogen-bond donors (Lipinski definition) is 1. The number of aromatic nitrogens is 2. The molecule has 2 amide bonds. The van der Waals surface area contributed by atoms with Gasteiger partial charge < -0.3 is 9.80 Å². The van der Waals surface area contributed by atoms with Crippen LogP contribution in [0.15, 0.2) is 12.4 Å². The molecule has 1 aromatic rings. The molecule has 144 valence electrons. The van der Waals surface area contributed by atoms with E-state index in [1.54, 1.807) is 29.2 Å². The molecule has 0 aromatic carbocycles. The lowest BCUT2D eigenvalue weighted by Crippen LogP contribution is -2.64. The van der Waals surface area contributed by atoms with Crippen LogP contribution in [0.25, 0.3) is 0 Å². The summed E-state index contributed by atoms with van der Waals surface area (Å²) in [6, 6.07) is -0.0157. The minimum atomic E-state index is -1.79. The topological polar surface area (TPSA) is 69.3 Å². The first-order chi connectivity index (χ1) is 12.4. The maximum atomic E-state index is 14.9. The molecule has 6 nitrogen and oxygen atoms in total. The first-order valence-electron chi connectivity index (χ1n) is 9.58. The van der Waals surface area contributed by atoms with Crippen molar-refractivity contribution in [2.45, 2.75) is 63.6 Å². The number of likely N-dealkylation sites (tertiary alicyclic amines) is 1. The standard InChI is InChI=1S/C19H29FN4O2/c1-19(20,9-14-5-3-4-6-14)18(26)24-12-16(13-24)23(2)17(25)8-7-15-10-21-22-11-15/h10-11,14,16H,3-9,12-13H2,1-2H3,(H,21,22). The number of hydrogen-bond acceptors (Lipinski definition) is 3. The van der Waals surface area contributed by atoms with Crippen molar-refractivity contribution in [2.24, 2.45) is 5.92 Å². The molecule has 2 heterocycles. The van der Waals surface area contributed by atoms with Crippen LogP contribution in [0.5, 0.6) is 0 Å². The van der Waals surface area contributed by atoms with E-state index in [1.807, 2.05) is 0 Å². The van der Waals surface area contributed by atoms with Gasteiger partial charge in [0.05, 0.1) is 12.2 Å². The van der Waals surface area contributed by atoms with E-state index in [1.165, 1.54) is 6.92 Å². The van der Waals surface area contributed by atoms with E-state index in [0.717, 1.165) is 31.2 Å². The second-order valence-electron chi connectivity index (χ2n) is 8.03. The average Bonchev–Trinajstić information content (AvgIpc) is 3.24. The second-order valence-corrected chi connectivity index (χ2v) is 8.03. The van der Waals surface area contributed by atoms with Crippen molar-refractivity contribution in [1.29, 1.82) is 0 Å². The minimum Gasteiger partial charge on any atom is -0.339 e. The first-order valence-corrected chi connectivity index (χ1v) is 9.58. The monoisotopic (exact) mass is 364 g/mol. The van der Waals surface area contributed by atoms with Gasteiger partial charge >= 0.3 is 0 Å². The normalized spacial score (nSPS) is 20.7. The Morgan fingerprint density at radius 1 is 1.38 bits per heavy atom. The molecule has 26 heavy (non-hydrogen) atoms. The summed E-state index contributed by atoms with van der Waals surface area (Å²) < 4.78 is 14.9. The Hall–Kier alpha value is -1.92. The van der Waals surface area contributed by atoms with Gasteiger partial charge in [-0.25, -0.2) is 4.39 Å². The summed E-state index contributed by atoms with van der Waals surface area (Å²) >= 11 is 0. The molecule has 3 rings (SSSR count). The summed E-state index contributed by atoms with van der Waals surface area (Å²) in [7, 11) is 1.76. The van der Waals surface area contributed by atoms with Crippen molar-refractivity contribution in [1.82, 2.24) is 20.0 Å². The van der Waals surface area contributed by atoms with Crippen LogP contribution in [0.4, 0.5) is 4.39 Å². The average molecular weight is 364 g/mol. The van der Waals surface area contributed by atoms with Gasteiger partial charge in [-0.3, -0.25) is 14.7 Å². The first kappa shape index (κ1) is 18.9. The number of amides is 2. The van der Waals surface area contributed by atoms with Gasteiger partial charge in [-0.05, 0) is 31.2 Å². The zero-order valence-electron chi connectivity index (χ0n) is 15.7. The molecule has 1 aliphatic carbocycles. The van der Waals surface area contributed by atoms with E-state index in [9.17, 15) is 14.0 Å². The third kappa shape index (κ3) is 4.24. The summed E-state index contributed by atoms with van der Waals surface area (Å²) in [5.74, 6) is -0.0460. The van der Waals surface area contributed by atoms with Crippen LogP contribution >= 0.6 is 0 Å². The zero-order valence-corrected chi connectivity index (χ0v) is 15.7. The summed E-state index contributed by atoms with van der Waals surface area (Å²) in [5.41, 5.74) is -0.790. The van der Waals surface area contributed by atoms with Crippen molar-refractivity contribution in [2.75, 3.05) is 20.1 Å². The van der Waals surface area contributed by atoms with E-state index in [2.05, 4.69) is 10.2 Å². The van der Waals surface area contributed by atoms with Gasteiger partial charge in [0.15, 0.2) is 5.67 Å². The Morgan fingerprint density at radius 3 is 2.69 bits per heavy atom. The molecule has 0 spiro atoms. The lowest BCUT2D eigenvalue weighted by atomic mass is 9.90. The highest BCUT2D eigenvalue weighted by Gasteiger charge is 2.44. The molecule has 2 aliphatic rings. The predicted octanol–water partition coefficient (Wildman–Crippen LogP) is 2.32. The summed E-state index contributed by atoms with van der Waals surface area (Å²) in [5, 5.41) is 6.60. The number of alkyl halides is 1. The molecular weight excluding hydrogens is 335 g/mol. The Balaban J connectivity index is 1.43. The zero-order chi connectivity index (χ0) is 18.7. The van der Waals surface area contributed by atoms with Crippen LogP contribution in [0.3, 0.4) is 0 Å². The predicted molar refractivity (Wildman–Crippen MR) is 96.1 cm³/mol. The number of likely N-dealkylation sites (N-methyl/N-ethyl adjacent to an activating group) is 1. The molecule has 1 saturated carbocycles. The molecule has 1 aliphatic heterocycles. The number of rotatable bonds is 7.